The summed E-state index contributed by atoms with van der Waals surface area (Å²) < 4.78 is 0. The van der Waals surface area contributed by atoms with Gasteiger partial charge in [0, 0.05) is 31.6 Å². The number of piperazine rings is 1. The van der Waals surface area contributed by atoms with Crippen molar-refractivity contribution in [3.8, 4) is 12.3 Å². The Morgan fingerprint density at radius 2 is 2.36 bits per heavy atom. The first-order chi connectivity index (χ1) is 6.70. The maximum atomic E-state index is 5.24. The van der Waals surface area contributed by atoms with E-state index >= 15 is 0 Å². The first kappa shape index (κ1) is 11.6. The van der Waals surface area contributed by atoms with Crippen LogP contribution in [0, 0.1) is 12.3 Å². The first-order valence-electron chi connectivity index (χ1n) is 5.61. The van der Waals surface area contributed by atoms with Crippen LogP contribution in [0.1, 0.15) is 33.1 Å². The van der Waals surface area contributed by atoms with Crippen molar-refractivity contribution in [1.82, 2.24) is 10.2 Å². The fourth-order valence-electron chi connectivity index (χ4n) is 1.98. The Kier molecular flexibility index (Phi) is 4.44. The molecule has 0 amide bonds. The molecule has 1 unspecified atom stereocenters. The zero-order valence-corrected chi connectivity index (χ0v) is 9.47. The molecule has 80 valence electrons. The summed E-state index contributed by atoms with van der Waals surface area (Å²) in [5.74, 6) is 2.70. The number of hydrogen-bond donors (Lipinski definition) is 1. The van der Waals surface area contributed by atoms with Crippen LogP contribution in [-0.4, -0.2) is 36.6 Å². The predicted molar refractivity (Wildman–Crippen MR) is 61.2 cm³/mol. The smallest absolute Gasteiger partial charge is 0.0278 e. The maximum absolute atomic E-state index is 5.24. The van der Waals surface area contributed by atoms with Crippen molar-refractivity contribution in [3.63, 3.8) is 0 Å². The van der Waals surface area contributed by atoms with Gasteiger partial charge >= 0.3 is 0 Å². The summed E-state index contributed by atoms with van der Waals surface area (Å²) in [5, 5.41) is 3.58. The van der Waals surface area contributed by atoms with Gasteiger partial charge < -0.3 is 10.2 Å². The molecule has 1 fully saturated rings. The van der Waals surface area contributed by atoms with E-state index in [1.165, 1.54) is 13.0 Å². The fourth-order valence-corrected chi connectivity index (χ4v) is 1.98. The van der Waals surface area contributed by atoms with Gasteiger partial charge in [0.25, 0.3) is 0 Å². The Hall–Kier alpha value is -0.520. The van der Waals surface area contributed by atoms with E-state index in [0.29, 0.717) is 5.54 Å². The van der Waals surface area contributed by atoms with Gasteiger partial charge in [0.2, 0.25) is 0 Å². The number of nitrogens with zero attached hydrogens (tertiary/aromatic N) is 1. The highest BCUT2D eigenvalue weighted by Gasteiger charge is 2.27. The number of terminal acetylenes is 1. The van der Waals surface area contributed by atoms with Gasteiger partial charge in [-0.25, -0.2) is 0 Å². The van der Waals surface area contributed by atoms with Crippen LogP contribution < -0.4 is 5.32 Å². The lowest BCUT2D eigenvalue weighted by atomic mass is 9.96. The van der Waals surface area contributed by atoms with Crippen LogP contribution in [0.15, 0.2) is 0 Å². The molecule has 1 rings (SSSR count). The molecule has 1 atom stereocenters. The van der Waals surface area contributed by atoms with Crippen molar-refractivity contribution < 1.29 is 0 Å². The van der Waals surface area contributed by atoms with Crippen LogP contribution in [0.5, 0.6) is 0 Å². The molecule has 0 saturated carbocycles. The van der Waals surface area contributed by atoms with Crippen molar-refractivity contribution in [2.75, 3.05) is 26.2 Å². The van der Waals surface area contributed by atoms with Gasteiger partial charge in [-0.3, -0.25) is 0 Å². The monoisotopic (exact) mass is 194 g/mol. The number of nitrogens with one attached hydrogen (secondary N) is 1. The quantitative estimate of drug-likeness (QED) is 0.538. The molecule has 0 aliphatic carbocycles. The first-order valence-corrected chi connectivity index (χ1v) is 5.61. The topological polar surface area (TPSA) is 15.3 Å². The molecule has 2 nitrogen and oxygen atoms in total. The normalized spacial score (nSPS) is 28.6. The molecular formula is C12H22N2. The molecule has 0 radical (unpaired) electrons. The lowest BCUT2D eigenvalue weighted by Gasteiger charge is -2.41. The minimum absolute atomic E-state index is 0.314. The van der Waals surface area contributed by atoms with Crippen molar-refractivity contribution in [2.24, 2.45) is 0 Å². The minimum Gasteiger partial charge on any atom is -0.309 e. The summed E-state index contributed by atoms with van der Waals surface area (Å²) in [7, 11) is 0. The van der Waals surface area contributed by atoms with E-state index in [9.17, 15) is 0 Å². The van der Waals surface area contributed by atoms with Crippen LogP contribution >= 0.6 is 0 Å². The highest BCUT2D eigenvalue weighted by atomic mass is 15.2. The molecule has 0 spiro atoms. The third-order valence-corrected chi connectivity index (χ3v) is 3.13. The van der Waals surface area contributed by atoms with Gasteiger partial charge in [0.15, 0.2) is 0 Å². The van der Waals surface area contributed by atoms with E-state index in [4.69, 9.17) is 6.42 Å². The lowest BCUT2D eigenvalue weighted by molar-refractivity contribution is 0.139. The highest BCUT2D eigenvalue weighted by Crippen LogP contribution is 2.15. The third-order valence-electron chi connectivity index (χ3n) is 3.13. The van der Waals surface area contributed by atoms with E-state index in [1.807, 2.05) is 0 Å². The van der Waals surface area contributed by atoms with E-state index < -0.39 is 0 Å². The third kappa shape index (κ3) is 3.32. The van der Waals surface area contributed by atoms with E-state index in [-0.39, 0.29) is 0 Å². The molecule has 1 aliphatic rings. The zero-order valence-electron chi connectivity index (χ0n) is 9.47. The molecule has 14 heavy (non-hydrogen) atoms. The van der Waals surface area contributed by atoms with Crippen LogP contribution in [0.25, 0.3) is 0 Å². The summed E-state index contributed by atoms with van der Waals surface area (Å²) >= 11 is 0. The molecule has 2 heteroatoms. The number of unbranched alkanes of at least 4 members (excludes halogenated alkanes) is 1. The SMILES string of the molecule is C#CCCCN1CCNC(C)(CC)C1. The molecule has 1 aliphatic heterocycles. The average Bonchev–Trinajstić information content (AvgIpc) is 2.19. The standard InChI is InChI=1S/C12H22N2/c1-4-6-7-9-14-10-8-13-12(3,5-2)11-14/h1,13H,5-11H2,2-3H3. The lowest BCUT2D eigenvalue weighted by Crippen LogP contribution is -2.58. The van der Waals surface area contributed by atoms with Gasteiger partial charge in [-0.2, -0.15) is 0 Å². The highest BCUT2D eigenvalue weighted by molar-refractivity contribution is 4.90. The van der Waals surface area contributed by atoms with Crippen molar-refractivity contribution in [2.45, 2.75) is 38.6 Å². The largest absolute Gasteiger partial charge is 0.309 e. The molecular weight excluding hydrogens is 172 g/mol. The zero-order chi connectivity index (χ0) is 10.4. The Bertz CT molecular complexity index is 207. The van der Waals surface area contributed by atoms with Gasteiger partial charge in [0.1, 0.15) is 0 Å². The number of hydrogen-bond acceptors (Lipinski definition) is 2. The predicted octanol–water partition coefficient (Wildman–Crippen LogP) is 1.47. The Morgan fingerprint density at radius 3 is 3.00 bits per heavy atom. The average molecular weight is 194 g/mol. The molecule has 0 aromatic rings. The minimum atomic E-state index is 0.314. The fraction of sp³-hybridized carbons (Fsp3) is 0.833. The Morgan fingerprint density at radius 1 is 1.57 bits per heavy atom. The second-order valence-corrected chi connectivity index (χ2v) is 4.42. The van der Waals surface area contributed by atoms with Crippen LogP contribution in [0.3, 0.4) is 0 Å². The van der Waals surface area contributed by atoms with Crippen molar-refractivity contribution in [3.05, 3.63) is 0 Å². The summed E-state index contributed by atoms with van der Waals surface area (Å²) in [5.41, 5.74) is 0.314. The number of rotatable bonds is 4. The molecule has 1 heterocycles. The van der Waals surface area contributed by atoms with Gasteiger partial charge in [-0.05, 0) is 26.3 Å². The second-order valence-electron chi connectivity index (χ2n) is 4.42. The summed E-state index contributed by atoms with van der Waals surface area (Å²) in [6, 6.07) is 0. The molecule has 1 saturated heterocycles. The van der Waals surface area contributed by atoms with Crippen LogP contribution in [0.2, 0.25) is 0 Å². The van der Waals surface area contributed by atoms with Crippen molar-refractivity contribution >= 4 is 0 Å². The molecule has 0 bridgehead atoms. The van der Waals surface area contributed by atoms with Gasteiger partial charge in [0.05, 0.1) is 0 Å². The molecule has 1 N–H and O–H groups in total. The molecule has 0 aromatic heterocycles. The van der Waals surface area contributed by atoms with E-state index in [0.717, 1.165) is 32.5 Å². The van der Waals surface area contributed by atoms with Crippen LogP contribution in [-0.2, 0) is 0 Å². The maximum Gasteiger partial charge on any atom is 0.0278 e. The van der Waals surface area contributed by atoms with Crippen molar-refractivity contribution in [1.29, 1.82) is 0 Å². The molecule has 0 aromatic carbocycles. The van der Waals surface area contributed by atoms with Gasteiger partial charge in [-0.1, -0.05) is 6.92 Å². The second kappa shape index (κ2) is 5.38. The van der Waals surface area contributed by atoms with Gasteiger partial charge in [-0.15, -0.1) is 12.3 Å². The Balaban J connectivity index is 2.30. The van der Waals surface area contributed by atoms with Crippen LogP contribution in [0.4, 0.5) is 0 Å². The Labute approximate surface area is 88.1 Å². The summed E-state index contributed by atoms with van der Waals surface area (Å²) in [6.07, 6.45) is 8.48. The van der Waals surface area contributed by atoms with E-state index in [1.54, 1.807) is 0 Å². The summed E-state index contributed by atoms with van der Waals surface area (Å²) in [6.45, 7) is 9.15. The van der Waals surface area contributed by atoms with E-state index in [2.05, 4.69) is 30.0 Å². The summed E-state index contributed by atoms with van der Waals surface area (Å²) in [4.78, 5) is 2.53.